The number of carbonyl (C=O) groups excluding carboxylic acids is 3. The highest BCUT2D eigenvalue weighted by Crippen LogP contribution is 2.23. The molecule has 1 heterocycles. The molecule has 0 N–H and O–H groups in total. The van der Waals surface area contributed by atoms with Crippen LogP contribution in [0.15, 0.2) is 0 Å². The summed E-state index contributed by atoms with van der Waals surface area (Å²) in [4.78, 5) is 58.7. The molecule has 0 aliphatic heterocycles. The largest absolute Gasteiger partial charge is 0.444 e. The fraction of sp³-hybridized carbons (Fsp3) is 0.921. The highest BCUT2D eigenvalue weighted by molar-refractivity contribution is 5.70. The zero-order valence-corrected chi connectivity index (χ0v) is 60.6. The lowest BCUT2D eigenvalue weighted by molar-refractivity contribution is -0.144. The summed E-state index contributed by atoms with van der Waals surface area (Å²) in [6.07, 6.45) is 71.7. The third-order valence-corrected chi connectivity index (χ3v) is 17.9. The van der Waals surface area contributed by atoms with Gasteiger partial charge in [-0.05, 0) is 19.3 Å². The van der Waals surface area contributed by atoms with Crippen LogP contribution in [0.3, 0.4) is 0 Å². The monoisotopic (exact) mass is 1290 g/mol. The first-order valence-electron chi connectivity index (χ1n) is 38.8. The SMILES string of the molecule is CCCCCCCCCCCCCCCCCCCCCC(=O)OCN(COC)c1nc(N(COC)COC(=O)CCCCCCCCCCCCCCCCCCC)nc(N(COC)COC(=O)CCCCCCCCCCCCCCCCCCCCC)n1. The summed E-state index contributed by atoms with van der Waals surface area (Å²) in [5.41, 5.74) is 0. The van der Waals surface area contributed by atoms with Gasteiger partial charge in [0.25, 0.3) is 0 Å². The van der Waals surface area contributed by atoms with Crippen LogP contribution in [0.1, 0.15) is 393 Å². The molecule has 0 bridgehead atoms. The number of ether oxygens (including phenoxy) is 6. The molecule has 0 unspecified atom stereocenters. The summed E-state index contributed by atoms with van der Waals surface area (Å²) < 4.78 is 34.2. The van der Waals surface area contributed by atoms with Gasteiger partial charge in [0, 0.05) is 40.6 Å². The maximum atomic E-state index is 13.2. The van der Waals surface area contributed by atoms with E-state index in [0.29, 0.717) is 19.3 Å². The van der Waals surface area contributed by atoms with Crippen LogP contribution >= 0.6 is 0 Å². The summed E-state index contributed by atoms with van der Waals surface area (Å²) in [5.74, 6) is -0.532. The van der Waals surface area contributed by atoms with Crippen molar-refractivity contribution in [3.8, 4) is 0 Å². The van der Waals surface area contributed by atoms with Crippen LogP contribution in [0.4, 0.5) is 17.8 Å². The maximum Gasteiger partial charge on any atom is 0.307 e. The highest BCUT2D eigenvalue weighted by atomic mass is 16.6. The molecule has 15 heteroatoms. The zero-order valence-electron chi connectivity index (χ0n) is 60.6. The van der Waals surface area contributed by atoms with E-state index in [1.54, 1.807) is 36.0 Å². The van der Waals surface area contributed by atoms with E-state index in [1.807, 2.05) is 0 Å². The summed E-state index contributed by atoms with van der Waals surface area (Å²) >= 11 is 0. The number of aromatic nitrogens is 3. The number of carbonyl (C=O) groups is 3. The van der Waals surface area contributed by atoms with Crippen molar-refractivity contribution in [1.82, 2.24) is 15.0 Å². The normalized spacial score (nSPS) is 11.4. The maximum absolute atomic E-state index is 13.2. The Labute approximate surface area is 560 Å². The number of nitrogens with zero attached hydrogens (tertiary/aromatic N) is 6. The van der Waals surface area contributed by atoms with Gasteiger partial charge in [0.15, 0.2) is 20.2 Å². The van der Waals surface area contributed by atoms with E-state index in [-0.39, 0.29) is 76.1 Å². The van der Waals surface area contributed by atoms with Crippen molar-refractivity contribution in [3.05, 3.63) is 0 Å². The first kappa shape index (κ1) is 85.7. The van der Waals surface area contributed by atoms with Gasteiger partial charge in [0.2, 0.25) is 17.8 Å². The van der Waals surface area contributed by atoms with Gasteiger partial charge < -0.3 is 28.4 Å². The van der Waals surface area contributed by atoms with Crippen molar-refractivity contribution >= 4 is 35.8 Å². The Morgan fingerprint density at radius 1 is 0.231 bits per heavy atom. The molecule has 0 atom stereocenters. The second kappa shape index (κ2) is 68.1. The smallest absolute Gasteiger partial charge is 0.307 e. The van der Waals surface area contributed by atoms with Crippen LogP contribution in [0.5, 0.6) is 0 Å². The van der Waals surface area contributed by atoms with E-state index in [0.717, 1.165) is 57.8 Å². The van der Waals surface area contributed by atoms with Crippen LogP contribution in [-0.2, 0) is 42.8 Å². The Balaban J connectivity index is 2.77. The molecule has 15 nitrogen and oxygen atoms in total. The number of esters is 3. The molecule has 0 fully saturated rings. The van der Waals surface area contributed by atoms with Gasteiger partial charge in [-0.3, -0.25) is 29.1 Å². The van der Waals surface area contributed by atoms with E-state index in [4.69, 9.17) is 43.4 Å². The Morgan fingerprint density at radius 2 is 0.374 bits per heavy atom. The summed E-state index contributed by atoms with van der Waals surface area (Å²) in [5, 5.41) is 0. The van der Waals surface area contributed by atoms with E-state index in [9.17, 15) is 14.4 Å². The van der Waals surface area contributed by atoms with Crippen LogP contribution in [0, 0.1) is 0 Å². The van der Waals surface area contributed by atoms with E-state index < -0.39 is 0 Å². The molecule has 1 rings (SSSR count). The number of hydrogen-bond acceptors (Lipinski definition) is 15. The summed E-state index contributed by atoms with van der Waals surface area (Å²) in [6.45, 7) is 6.30. The van der Waals surface area contributed by atoms with Gasteiger partial charge in [0.1, 0.15) is 20.2 Å². The van der Waals surface area contributed by atoms with Crippen molar-refractivity contribution in [1.29, 1.82) is 0 Å². The van der Waals surface area contributed by atoms with Gasteiger partial charge in [-0.15, -0.1) is 0 Å². The third-order valence-electron chi connectivity index (χ3n) is 17.9. The van der Waals surface area contributed by atoms with Crippen molar-refractivity contribution in [2.24, 2.45) is 0 Å². The second-order valence-corrected chi connectivity index (χ2v) is 26.7. The zero-order chi connectivity index (χ0) is 65.8. The molecule has 0 aliphatic carbocycles. The molecule has 0 saturated carbocycles. The second-order valence-electron chi connectivity index (χ2n) is 26.7. The quantitative estimate of drug-likeness (QED) is 0.0263. The fourth-order valence-corrected chi connectivity index (χ4v) is 12.0. The molecule has 0 radical (unpaired) electrons. The first-order chi connectivity index (χ1) is 44.8. The molecule has 0 spiro atoms. The molecule has 534 valence electrons. The van der Waals surface area contributed by atoms with Crippen molar-refractivity contribution in [2.45, 2.75) is 393 Å². The standard InChI is InChI=1S/C76H146N6O9/c1-7-10-13-16-19-22-25-28-31-34-36-39-42-45-48-51-54-57-60-63-72(84)90-69-81(66-87-5)75-77-74(80(65-86-4)68-89-71(83)62-59-56-53-50-47-44-41-38-33-30-27-24-21-18-15-12-9-3)78-76(79-75)82(67-88-6)70-91-73(85)64-61-58-55-52-49-46-43-40-37-35-32-29-26-23-20-17-14-11-8-2/h7-70H2,1-6H3. The Kier molecular flexibility index (Phi) is 64.1. The number of anilines is 3. The number of methoxy groups -OCH3 is 3. The summed E-state index contributed by atoms with van der Waals surface area (Å²) in [6, 6.07) is 0. The number of rotatable bonds is 73. The van der Waals surface area contributed by atoms with Crippen molar-refractivity contribution in [2.75, 3.05) is 76.4 Å². The molecule has 0 saturated heterocycles. The van der Waals surface area contributed by atoms with Crippen molar-refractivity contribution in [3.63, 3.8) is 0 Å². The van der Waals surface area contributed by atoms with E-state index in [1.165, 1.54) is 295 Å². The minimum atomic E-state index is -0.313. The minimum Gasteiger partial charge on any atom is -0.444 e. The fourth-order valence-electron chi connectivity index (χ4n) is 12.0. The average Bonchev–Trinajstić information content (AvgIpc) is 0.976. The molecular formula is C76H146N6O9. The molecular weight excluding hydrogens is 1140 g/mol. The Bertz CT molecular complexity index is 1640. The molecule has 91 heavy (non-hydrogen) atoms. The predicted octanol–water partition coefficient (Wildman–Crippen LogP) is 22.3. The van der Waals surface area contributed by atoms with Crippen LogP contribution in [0.2, 0.25) is 0 Å². The Morgan fingerprint density at radius 3 is 0.516 bits per heavy atom. The average molecular weight is 1290 g/mol. The van der Waals surface area contributed by atoms with Crippen molar-refractivity contribution < 1.29 is 42.8 Å². The van der Waals surface area contributed by atoms with Gasteiger partial charge in [0.05, 0.1) is 0 Å². The molecule has 1 aromatic heterocycles. The van der Waals surface area contributed by atoms with Crippen LogP contribution in [-0.4, -0.2) is 94.6 Å². The number of hydrogen-bond donors (Lipinski definition) is 0. The van der Waals surface area contributed by atoms with Gasteiger partial charge in [-0.25, -0.2) is 0 Å². The molecule has 0 aliphatic rings. The van der Waals surface area contributed by atoms with Crippen LogP contribution < -0.4 is 14.7 Å². The third kappa shape index (κ3) is 55.7. The predicted molar refractivity (Wildman–Crippen MR) is 381 cm³/mol. The molecule has 1 aromatic rings. The van der Waals surface area contributed by atoms with Gasteiger partial charge in [-0.2, -0.15) is 15.0 Å². The molecule has 0 aromatic carbocycles. The van der Waals surface area contributed by atoms with E-state index in [2.05, 4.69) is 20.8 Å². The minimum absolute atomic E-state index is 0.00719. The lowest BCUT2D eigenvalue weighted by atomic mass is 10.0. The topological polar surface area (TPSA) is 155 Å². The Hall–Kier alpha value is -3.30. The van der Waals surface area contributed by atoms with Crippen LogP contribution in [0.25, 0.3) is 0 Å². The lowest BCUT2D eigenvalue weighted by Gasteiger charge is -2.27. The van der Waals surface area contributed by atoms with E-state index >= 15 is 0 Å². The highest BCUT2D eigenvalue weighted by Gasteiger charge is 2.24. The van der Waals surface area contributed by atoms with Gasteiger partial charge in [-0.1, -0.05) is 355 Å². The van der Waals surface area contributed by atoms with Gasteiger partial charge >= 0.3 is 17.9 Å². The number of unbranched alkanes of at least 4 members (excludes halogenated alkanes) is 52. The molecule has 0 amide bonds. The lowest BCUT2D eigenvalue weighted by Crippen LogP contribution is -2.37. The first-order valence-corrected chi connectivity index (χ1v) is 38.8. The summed E-state index contributed by atoms with van der Waals surface area (Å²) in [7, 11) is 4.64.